The van der Waals surface area contributed by atoms with Gasteiger partial charge in [0.15, 0.2) is 10.9 Å². The van der Waals surface area contributed by atoms with Crippen molar-refractivity contribution in [2.45, 2.75) is 13.0 Å². The van der Waals surface area contributed by atoms with E-state index in [9.17, 15) is 4.79 Å². The van der Waals surface area contributed by atoms with Gasteiger partial charge in [-0.3, -0.25) is 4.79 Å². The summed E-state index contributed by atoms with van der Waals surface area (Å²) in [5, 5.41) is 6.92. The van der Waals surface area contributed by atoms with Crippen LogP contribution in [0.25, 0.3) is 5.70 Å². The van der Waals surface area contributed by atoms with E-state index in [1.165, 1.54) is 0 Å². The lowest BCUT2D eigenvalue weighted by molar-refractivity contribution is -0.113. The van der Waals surface area contributed by atoms with Crippen LogP contribution in [0.1, 0.15) is 24.1 Å². The molecule has 1 aliphatic rings. The highest BCUT2D eigenvalue weighted by Gasteiger charge is 2.30. The number of thiocarbonyl (C=S) groups is 1. The Morgan fingerprint density at radius 2 is 1.68 bits per heavy atom. The number of hydrogen-bond acceptors (Lipinski definition) is 3. The van der Waals surface area contributed by atoms with Crippen molar-refractivity contribution in [3.05, 3.63) is 71.3 Å². The standard InChI is InChI=1S/C20H21N3OS/c1-13(24)17-18(14-7-5-4-6-8-14)21-20(25)22-19(17)15-9-11-16(12-10-15)23(2)3/h4-12,19H,1-3H3,(H2,21,22,25)/t19-/m0/s1. The summed E-state index contributed by atoms with van der Waals surface area (Å²) < 4.78 is 0. The van der Waals surface area contributed by atoms with E-state index >= 15 is 0 Å². The van der Waals surface area contributed by atoms with Crippen molar-refractivity contribution in [2.24, 2.45) is 0 Å². The van der Waals surface area contributed by atoms with Gasteiger partial charge < -0.3 is 15.5 Å². The minimum atomic E-state index is -0.266. The number of ketones is 1. The maximum atomic E-state index is 12.5. The van der Waals surface area contributed by atoms with Crippen LogP contribution in [-0.2, 0) is 4.79 Å². The molecule has 0 amide bonds. The van der Waals surface area contributed by atoms with E-state index in [0.29, 0.717) is 10.7 Å². The summed E-state index contributed by atoms with van der Waals surface area (Å²) >= 11 is 5.39. The lowest BCUT2D eigenvalue weighted by atomic mass is 9.90. The van der Waals surface area contributed by atoms with E-state index in [0.717, 1.165) is 22.5 Å². The SMILES string of the molecule is CC(=O)C1=C(c2ccccc2)NC(=S)N[C@H]1c1ccc(N(C)C)cc1. The third kappa shape index (κ3) is 3.56. The first-order chi connectivity index (χ1) is 12.0. The molecule has 25 heavy (non-hydrogen) atoms. The van der Waals surface area contributed by atoms with E-state index in [1.54, 1.807) is 6.92 Å². The second kappa shape index (κ2) is 7.07. The molecule has 2 aromatic carbocycles. The summed E-state index contributed by atoms with van der Waals surface area (Å²) in [6.45, 7) is 1.59. The van der Waals surface area contributed by atoms with Crippen molar-refractivity contribution in [3.8, 4) is 0 Å². The molecule has 0 radical (unpaired) electrons. The van der Waals surface area contributed by atoms with Crippen molar-refractivity contribution in [3.63, 3.8) is 0 Å². The quantitative estimate of drug-likeness (QED) is 0.828. The topological polar surface area (TPSA) is 44.4 Å². The first kappa shape index (κ1) is 17.2. The molecule has 2 aromatic rings. The summed E-state index contributed by atoms with van der Waals surface area (Å²) in [7, 11) is 4.00. The van der Waals surface area contributed by atoms with Crippen LogP contribution in [0.4, 0.5) is 5.69 Å². The summed E-state index contributed by atoms with van der Waals surface area (Å²) in [4.78, 5) is 14.5. The highest BCUT2D eigenvalue weighted by Crippen LogP contribution is 2.32. The molecule has 4 nitrogen and oxygen atoms in total. The van der Waals surface area contributed by atoms with Gasteiger partial charge in [0.1, 0.15) is 0 Å². The number of nitrogens with zero attached hydrogens (tertiary/aromatic N) is 1. The maximum Gasteiger partial charge on any atom is 0.171 e. The molecule has 2 N–H and O–H groups in total. The molecule has 0 unspecified atom stereocenters. The van der Waals surface area contributed by atoms with Crippen LogP contribution in [0.3, 0.4) is 0 Å². The van der Waals surface area contributed by atoms with Gasteiger partial charge >= 0.3 is 0 Å². The lowest BCUT2D eigenvalue weighted by Crippen LogP contribution is -2.44. The van der Waals surface area contributed by atoms with E-state index in [2.05, 4.69) is 10.6 Å². The second-order valence-corrected chi connectivity index (χ2v) is 6.64. The van der Waals surface area contributed by atoms with Crippen LogP contribution >= 0.6 is 12.2 Å². The van der Waals surface area contributed by atoms with Crippen molar-refractivity contribution in [1.82, 2.24) is 10.6 Å². The molecule has 0 saturated heterocycles. The van der Waals surface area contributed by atoms with Gasteiger partial charge in [-0.1, -0.05) is 42.5 Å². The molecule has 0 saturated carbocycles. The van der Waals surface area contributed by atoms with Crippen LogP contribution in [0.5, 0.6) is 0 Å². The Morgan fingerprint density at radius 3 is 2.24 bits per heavy atom. The van der Waals surface area contributed by atoms with Gasteiger partial charge in [0.2, 0.25) is 0 Å². The highest BCUT2D eigenvalue weighted by atomic mass is 32.1. The first-order valence-electron chi connectivity index (χ1n) is 8.12. The Bertz CT molecular complexity index is 826. The zero-order valence-corrected chi connectivity index (χ0v) is 15.4. The Hall–Kier alpha value is -2.66. The molecule has 0 spiro atoms. The Balaban J connectivity index is 2.10. The van der Waals surface area contributed by atoms with E-state index in [-0.39, 0.29) is 11.8 Å². The number of carbonyl (C=O) groups excluding carboxylic acids is 1. The largest absolute Gasteiger partial charge is 0.378 e. The molecular formula is C20H21N3OS. The van der Waals surface area contributed by atoms with Gasteiger partial charge in [0.25, 0.3) is 0 Å². The van der Waals surface area contributed by atoms with Crippen molar-refractivity contribution < 1.29 is 4.79 Å². The predicted octanol–water partition coefficient (Wildman–Crippen LogP) is 3.27. The van der Waals surface area contributed by atoms with Crippen LogP contribution < -0.4 is 15.5 Å². The minimum Gasteiger partial charge on any atom is -0.378 e. The number of rotatable bonds is 4. The second-order valence-electron chi connectivity index (χ2n) is 6.23. The predicted molar refractivity (Wildman–Crippen MR) is 106 cm³/mol. The average molecular weight is 351 g/mol. The molecular weight excluding hydrogens is 330 g/mol. The van der Waals surface area contributed by atoms with Crippen LogP contribution in [0.2, 0.25) is 0 Å². The fraction of sp³-hybridized carbons (Fsp3) is 0.200. The van der Waals surface area contributed by atoms with Gasteiger partial charge in [-0.05, 0) is 42.4 Å². The van der Waals surface area contributed by atoms with E-state index in [4.69, 9.17) is 12.2 Å². The molecule has 1 atom stereocenters. The van der Waals surface area contributed by atoms with E-state index in [1.807, 2.05) is 73.6 Å². The molecule has 3 rings (SSSR count). The fourth-order valence-electron chi connectivity index (χ4n) is 2.99. The highest BCUT2D eigenvalue weighted by molar-refractivity contribution is 7.80. The zero-order valence-electron chi connectivity index (χ0n) is 14.5. The first-order valence-corrected chi connectivity index (χ1v) is 8.53. The fourth-order valence-corrected chi connectivity index (χ4v) is 3.21. The van der Waals surface area contributed by atoms with Gasteiger partial charge in [-0.15, -0.1) is 0 Å². The molecule has 0 aromatic heterocycles. The number of Topliss-reactive ketones (excluding diaryl/α,β-unsaturated/α-hetero) is 1. The normalized spacial score (nSPS) is 16.9. The number of nitrogens with one attached hydrogen (secondary N) is 2. The smallest absolute Gasteiger partial charge is 0.171 e. The molecule has 0 aliphatic carbocycles. The summed E-state index contributed by atoms with van der Waals surface area (Å²) in [5.41, 5.74) is 4.53. The Morgan fingerprint density at radius 1 is 1.04 bits per heavy atom. The minimum absolute atomic E-state index is 0.0167. The lowest BCUT2D eigenvalue weighted by Gasteiger charge is -2.31. The number of benzene rings is 2. The summed E-state index contributed by atoms with van der Waals surface area (Å²) in [6, 6.07) is 17.7. The maximum absolute atomic E-state index is 12.5. The van der Waals surface area contributed by atoms with Crippen LogP contribution in [-0.4, -0.2) is 25.0 Å². The van der Waals surface area contributed by atoms with Gasteiger partial charge in [0.05, 0.1) is 11.7 Å². The van der Waals surface area contributed by atoms with Crippen molar-refractivity contribution in [2.75, 3.05) is 19.0 Å². The zero-order chi connectivity index (χ0) is 18.0. The van der Waals surface area contributed by atoms with Crippen LogP contribution in [0.15, 0.2) is 60.2 Å². The summed E-state index contributed by atoms with van der Waals surface area (Å²) in [6.07, 6.45) is 0. The van der Waals surface area contributed by atoms with Gasteiger partial charge in [0, 0.05) is 25.4 Å². The van der Waals surface area contributed by atoms with E-state index < -0.39 is 0 Å². The third-order valence-electron chi connectivity index (χ3n) is 4.26. The Kier molecular flexibility index (Phi) is 4.86. The Labute approximate surface area is 153 Å². The number of hydrogen-bond donors (Lipinski definition) is 2. The van der Waals surface area contributed by atoms with Gasteiger partial charge in [-0.2, -0.15) is 0 Å². The average Bonchev–Trinajstić information content (AvgIpc) is 2.61. The van der Waals surface area contributed by atoms with Crippen molar-refractivity contribution in [1.29, 1.82) is 0 Å². The molecule has 5 heteroatoms. The summed E-state index contributed by atoms with van der Waals surface area (Å²) in [5.74, 6) is 0.0167. The van der Waals surface area contributed by atoms with Crippen LogP contribution in [0, 0.1) is 0 Å². The number of carbonyl (C=O) groups is 1. The third-order valence-corrected chi connectivity index (χ3v) is 4.48. The molecule has 1 heterocycles. The monoisotopic (exact) mass is 351 g/mol. The number of anilines is 1. The molecule has 1 aliphatic heterocycles. The van der Waals surface area contributed by atoms with Crippen molar-refractivity contribution >= 4 is 34.5 Å². The molecule has 0 bridgehead atoms. The van der Waals surface area contributed by atoms with Gasteiger partial charge in [-0.25, -0.2) is 0 Å². The molecule has 128 valence electrons. The molecule has 0 fully saturated rings.